The number of aromatic nitrogens is 1. The molecular weight excluding hydrogens is 272 g/mol. The van der Waals surface area contributed by atoms with Crippen molar-refractivity contribution in [1.82, 2.24) is 4.98 Å². The molecule has 1 heterocycles. The highest BCUT2D eigenvalue weighted by Gasteiger charge is 2.35. The zero-order valence-corrected chi connectivity index (χ0v) is 11.2. The Labute approximate surface area is 103 Å². The van der Waals surface area contributed by atoms with Crippen LogP contribution >= 0.6 is 27.7 Å². The third kappa shape index (κ3) is 2.67. The van der Waals surface area contributed by atoms with E-state index < -0.39 is 0 Å². The van der Waals surface area contributed by atoms with Crippen LogP contribution in [-0.2, 0) is 0 Å². The largest absolute Gasteiger partial charge is 0.369 e. The molecule has 1 saturated carbocycles. The van der Waals surface area contributed by atoms with Gasteiger partial charge in [0.25, 0.3) is 0 Å². The summed E-state index contributed by atoms with van der Waals surface area (Å²) in [6.07, 6.45) is 6.23. The number of nitrogens with one attached hydrogen (secondary N) is 1. The fraction of sp³-hybridized carbons (Fsp3) is 0.545. The Morgan fingerprint density at radius 3 is 2.87 bits per heavy atom. The van der Waals surface area contributed by atoms with Crippen LogP contribution in [0.4, 0.5) is 5.82 Å². The zero-order valence-electron chi connectivity index (χ0n) is 8.79. The SMILES string of the molecule is CSC1(CNc2cccc(Br)n2)CCC1. The standard InChI is InChI=1S/C11H15BrN2S/c1-15-11(6-3-7-11)8-13-10-5-2-4-9(12)14-10/h2,4-5H,3,6-8H2,1H3,(H,13,14). The normalized spacial score (nSPS) is 18.3. The molecule has 0 bridgehead atoms. The molecule has 1 aromatic heterocycles. The Kier molecular flexibility index (Phi) is 3.57. The van der Waals surface area contributed by atoms with Gasteiger partial charge in [0, 0.05) is 11.3 Å². The first-order valence-electron chi connectivity index (χ1n) is 5.16. The van der Waals surface area contributed by atoms with Gasteiger partial charge < -0.3 is 5.32 Å². The molecule has 82 valence electrons. The number of thioether (sulfide) groups is 1. The number of nitrogens with zero attached hydrogens (tertiary/aromatic N) is 1. The zero-order chi connectivity index (χ0) is 10.7. The highest BCUT2D eigenvalue weighted by atomic mass is 79.9. The Balaban J connectivity index is 1.92. The smallest absolute Gasteiger partial charge is 0.127 e. The fourth-order valence-corrected chi connectivity index (χ4v) is 3.04. The quantitative estimate of drug-likeness (QED) is 0.857. The Hall–Kier alpha value is -0.220. The lowest BCUT2D eigenvalue weighted by Crippen LogP contribution is -2.40. The maximum absolute atomic E-state index is 4.37. The van der Waals surface area contributed by atoms with Gasteiger partial charge in [-0.3, -0.25) is 0 Å². The summed E-state index contributed by atoms with van der Waals surface area (Å²) in [5.41, 5.74) is 0. The topological polar surface area (TPSA) is 24.9 Å². The number of hydrogen-bond donors (Lipinski definition) is 1. The van der Waals surface area contributed by atoms with Gasteiger partial charge >= 0.3 is 0 Å². The fourth-order valence-electron chi connectivity index (χ4n) is 1.78. The van der Waals surface area contributed by atoms with E-state index in [9.17, 15) is 0 Å². The van der Waals surface area contributed by atoms with Crippen molar-refractivity contribution in [2.75, 3.05) is 18.1 Å². The molecule has 0 radical (unpaired) electrons. The highest BCUT2D eigenvalue weighted by molar-refractivity contribution is 9.10. The maximum atomic E-state index is 4.37. The molecule has 1 fully saturated rings. The molecule has 1 aliphatic carbocycles. The van der Waals surface area contributed by atoms with Gasteiger partial charge in [0.1, 0.15) is 10.4 Å². The van der Waals surface area contributed by atoms with E-state index in [-0.39, 0.29) is 0 Å². The molecule has 2 nitrogen and oxygen atoms in total. The second-order valence-corrected chi connectivity index (χ2v) is 6.03. The van der Waals surface area contributed by atoms with E-state index in [4.69, 9.17) is 0 Å². The first-order valence-corrected chi connectivity index (χ1v) is 7.17. The third-order valence-corrected chi connectivity index (χ3v) is 4.86. The third-order valence-electron chi connectivity index (χ3n) is 3.00. The first-order chi connectivity index (χ1) is 7.24. The summed E-state index contributed by atoms with van der Waals surface area (Å²) >= 11 is 5.35. The molecule has 4 heteroatoms. The van der Waals surface area contributed by atoms with Crippen molar-refractivity contribution in [2.45, 2.75) is 24.0 Å². The predicted octanol–water partition coefficient (Wildman–Crippen LogP) is 3.54. The lowest BCUT2D eigenvalue weighted by Gasteiger charge is -2.40. The lowest BCUT2D eigenvalue weighted by molar-refractivity contribution is 0.379. The molecule has 0 atom stereocenters. The van der Waals surface area contributed by atoms with E-state index in [1.165, 1.54) is 19.3 Å². The van der Waals surface area contributed by atoms with Crippen molar-refractivity contribution in [3.05, 3.63) is 22.8 Å². The van der Waals surface area contributed by atoms with Gasteiger partial charge in [-0.1, -0.05) is 12.5 Å². The first kappa shape index (κ1) is 11.3. The van der Waals surface area contributed by atoms with Gasteiger partial charge in [-0.25, -0.2) is 4.98 Å². The van der Waals surface area contributed by atoms with Gasteiger partial charge in [0.05, 0.1) is 0 Å². The predicted molar refractivity (Wildman–Crippen MR) is 70.5 cm³/mol. The Morgan fingerprint density at radius 1 is 1.53 bits per heavy atom. The summed E-state index contributed by atoms with van der Waals surface area (Å²) in [4.78, 5) is 4.37. The molecule has 0 spiro atoms. The van der Waals surface area contributed by atoms with E-state index in [0.717, 1.165) is 17.0 Å². The summed E-state index contributed by atoms with van der Waals surface area (Å²) in [7, 11) is 0. The van der Waals surface area contributed by atoms with E-state index in [0.29, 0.717) is 4.75 Å². The van der Waals surface area contributed by atoms with Gasteiger partial charge in [-0.15, -0.1) is 0 Å². The van der Waals surface area contributed by atoms with Crippen LogP contribution in [0.1, 0.15) is 19.3 Å². The van der Waals surface area contributed by atoms with Crippen molar-refractivity contribution in [2.24, 2.45) is 0 Å². The van der Waals surface area contributed by atoms with Crippen molar-refractivity contribution in [3.63, 3.8) is 0 Å². The van der Waals surface area contributed by atoms with Crippen molar-refractivity contribution in [1.29, 1.82) is 0 Å². The summed E-state index contributed by atoms with van der Waals surface area (Å²) in [5.74, 6) is 0.963. The average molecular weight is 287 g/mol. The minimum absolute atomic E-state index is 0.462. The van der Waals surface area contributed by atoms with Gasteiger partial charge in [0.15, 0.2) is 0 Å². The second kappa shape index (κ2) is 4.74. The molecule has 0 amide bonds. The average Bonchev–Trinajstić information content (AvgIpc) is 2.17. The summed E-state index contributed by atoms with van der Waals surface area (Å²) in [5, 5.41) is 3.42. The molecule has 2 rings (SSSR count). The number of hydrogen-bond acceptors (Lipinski definition) is 3. The molecule has 15 heavy (non-hydrogen) atoms. The van der Waals surface area contributed by atoms with E-state index in [1.54, 1.807) is 0 Å². The molecule has 1 aromatic rings. The van der Waals surface area contributed by atoms with Crippen molar-refractivity contribution in [3.8, 4) is 0 Å². The molecular formula is C11H15BrN2S. The maximum Gasteiger partial charge on any atom is 0.127 e. The van der Waals surface area contributed by atoms with Crippen LogP contribution in [0, 0.1) is 0 Å². The monoisotopic (exact) mass is 286 g/mol. The van der Waals surface area contributed by atoms with Gasteiger partial charge in [-0.05, 0) is 47.2 Å². The number of anilines is 1. The molecule has 0 aliphatic heterocycles. The molecule has 0 unspecified atom stereocenters. The number of halogens is 1. The molecule has 0 aromatic carbocycles. The lowest BCUT2D eigenvalue weighted by atomic mass is 9.84. The Morgan fingerprint density at radius 2 is 2.33 bits per heavy atom. The van der Waals surface area contributed by atoms with Crippen LogP contribution in [0.25, 0.3) is 0 Å². The summed E-state index contributed by atoms with van der Waals surface area (Å²) in [6, 6.07) is 5.96. The number of rotatable bonds is 4. The van der Waals surface area contributed by atoms with Crippen LogP contribution < -0.4 is 5.32 Å². The van der Waals surface area contributed by atoms with E-state index >= 15 is 0 Å². The van der Waals surface area contributed by atoms with Crippen LogP contribution in [0.3, 0.4) is 0 Å². The number of pyridine rings is 1. The molecule has 1 aliphatic rings. The van der Waals surface area contributed by atoms with Crippen LogP contribution in [-0.4, -0.2) is 22.5 Å². The molecule has 0 saturated heterocycles. The van der Waals surface area contributed by atoms with E-state index in [2.05, 4.69) is 32.5 Å². The van der Waals surface area contributed by atoms with Crippen LogP contribution in [0.2, 0.25) is 0 Å². The summed E-state index contributed by atoms with van der Waals surface area (Å²) in [6.45, 7) is 1.03. The molecule has 1 N–H and O–H groups in total. The van der Waals surface area contributed by atoms with E-state index in [1.807, 2.05) is 30.0 Å². The highest BCUT2D eigenvalue weighted by Crippen LogP contribution is 2.42. The summed E-state index contributed by atoms with van der Waals surface area (Å²) < 4.78 is 1.35. The van der Waals surface area contributed by atoms with Crippen LogP contribution in [0.5, 0.6) is 0 Å². The van der Waals surface area contributed by atoms with Crippen molar-refractivity contribution >= 4 is 33.5 Å². The van der Waals surface area contributed by atoms with Gasteiger partial charge in [0.2, 0.25) is 0 Å². The Bertz CT molecular complexity index is 334. The van der Waals surface area contributed by atoms with Crippen LogP contribution in [0.15, 0.2) is 22.8 Å². The van der Waals surface area contributed by atoms with Crippen molar-refractivity contribution < 1.29 is 0 Å². The van der Waals surface area contributed by atoms with Gasteiger partial charge in [-0.2, -0.15) is 11.8 Å². The minimum atomic E-state index is 0.462. The minimum Gasteiger partial charge on any atom is -0.369 e. The second-order valence-electron chi connectivity index (χ2n) is 3.94.